The van der Waals surface area contributed by atoms with Gasteiger partial charge in [0.25, 0.3) is 0 Å². The molecule has 0 radical (unpaired) electrons. The van der Waals surface area contributed by atoms with Gasteiger partial charge in [-0.15, -0.1) is 5.10 Å². The van der Waals surface area contributed by atoms with Gasteiger partial charge in [0.2, 0.25) is 5.88 Å². The molecule has 39 heavy (non-hydrogen) atoms. The lowest BCUT2D eigenvalue weighted by atomic mass is 9.91. The molecule has 4 saturated heterocycles. The lowest BCUT2D eigenvalue weighted by Gasteiger charge is -2.47. The van der Waals surface area contributed by atoms with Crippen molar-refractivity contribution in [3.63, 3.8) is 0 Å². The van der Waals surface area contributed by atoms with Gasteiger partial charge in [0, 0.05) is 49.9 Å². The Kier molecular flexibility index (Phi) is 7.88. The monoisotopic (exact) mass is 573 g/mol. The second-order valence-corrected chi connectivity index (χ2v) is 13.5. The van der Waals surface area contributed by atoms with Crippen molar-refractivity contribution in [2.75, 3.05) is 39.4 Å². The molecule has 0 amide bonds. The highest BCUT2D eigenvalue weighted by atomic mass is 32.2. The second kappa shape index (κ2) is 11.0. The molecule has 1 aliphatic carbocycles. The Bertz CT molecular complexity index is 991. The number of alkyl halides is 3. The zero-order valence-corrected chi connectivity index (χ0v) is 23.7. The molecule has 5 fully saturated rings. The van der Waals surface area contributed by atoms with Crippen molar-refractivity contribution in [2.45, 2.75) is 94.3 Å². The number of nitrogens with zero attached hydrogens (tertiary/aromatic N) is 4. The van der Waals surface area contributed by atoms with E-state index in [4.69, 9.17) is 9.47 Å². The van der Waals surface area contributed by atoms with Crippen molar-refractivity contribution in [1.29, 1.82) is 0 Å². The largest absolute Gasteiger partial charge is 0.477 e. The molecule has 1 aromatic rings. The Morgan fingerprint density at radius 3 is 2.87 bits per heavy atom. The molecule has 9 nitrogen and oxygen atoms in total. The number of nitrogens with one attached hydrogen (secondary N) is 3. The maximum Gasteiger partial charge on any atom is 0.394 e. The summed E-state index contributed by atoms with van der Waals surface area (Å²) in [7, 11) is 0. The molecule has 3 N–H and O–H groups in total. The Morgan fingerprint density at radius 2 is 2.08 bits per heavy atom. The van der Waals surface area contributed by atoms with E-state index in [1.165, 1.54) is 0 Å². The van der Waals surface area contributed by atoms with Crippen molar-refractivity contribution in [3.8, 4) is 5.88 Å². The quantitative estimate of drug-likeness (QED) is 0.459. The van der Waals surface area contributed by atoms with E-state index in [1.807, 2.05) is 22.8 Å². The summed E-state index contributed by atoms with van der Waals surface area (Å²) in [5, 5.41) is 11.2. The average Bonchev–Trinajstić information content (AvgIpc) is 3.18. The first-order valence-electron chi connectivity index (χ1n) is 14.4. The van der Waals surface area contributed by atoms with Gasteiger partial charge in [0.05, 0.1) is 36.3 Å². The summed E-state index contributed by atoms with van der Waals surface area (Å²) in [5.41, 5.74) is 1.94. The third-order valence-corrected chi connectivity index (χ3v) is 10.5. The predicted octanol–water partition coefficient (Wildman–Crippen LogP) is 3.48. The topological polar surface area (TPSA) is 78.8 Å². The number of halogens is 3. The van der Waals surface area contributed by atoms with E-state index in [-0.39, 0.29) is 49.8 Å². The third-order valence-electron chi connectivity index (χ3n) is 9.35. The zero-order chi connectivity index (χ0) is 27.3. The fourth-order valence-corrected chi connectivity index (χ4v) is 7.82. The highest BCUT2D eigenvalue weighted by Gasteiger charge is 2.62. The molecular formula is C26H42F3N7O2S. The van der Waals surface area contributed by atoms with E-state index in [0.29, 0.717) is 23.8 Å². The first-order chi connectivity index (χ1) is 18.6. The highest BCUT2D eigenvalue weighted by Crippen LogP contribution is 2.59. The normalized spacial score (nSPS) is 36.7. The summed E-state index contributed by atoms with van der Waals surface area (Å²) in [4.78, 5) is 2.57. The van der Waals surface area contributed by atoms with E-state index >= 15 is 0 Å². The molecule has 6 atom stereocenters. The summed E-state index contributed by atoms with van der Waals surface area (Å²) in [6, 6.07) is 1.76. The number of hydrazine groups is 1. The van der Waals surface area contributed by atoms with Crippen molar-refractivity contribution in [1.82, 2.24) is 35.2 Å². The molecule has 5 aliphatic rings. The molecule has 13 heteroatoms. The standard InChI is InChI=1S/C26H42F3N7O2S/c1-24(2)15-19-17-34(24)23-18(16-31-39-22-5-10-30-36(22)12-14-37-19)3-4-20(32-23)35-11-6-21(33-35)38-13-9-25(7-8-25)26(27,28)29/h6,11,18-20,22-23,30-32H,3-5,7-10,12-17H2,1-2H3. The zero-order valence-electron chi connectivity index (χ0n) is 22.9. The fourth-order valence-electron chi connectivity index (χ4n) is 6.77. The highest BCUT2D eigenvalue weighted by molar-refractivity contribution is 7.97. The van der Waals surface area contributed by atoms with Gasteiger partial charge >= 0.3 is 6.18 Å². The number of piperidine rings is 1. The minimum absolute atomic E-state index is 0.0101. The van der Waals surface area contributed by atoms with Gasteiger partial charge in [-0.2, -0.15) is 13.2 Å². The Hall–Kier alpha value is -1.09. The smallest absolute Gasteiger partial charge is 0.394 e. The summed E-state index contributed by atoms with van der Waals surface area (Å²) in [6.07, 6.45) is 2.48. The second-order valence-electron chi connectivity index (χ2n) is 12.4. The summed E-state index contributed by atoms with van der Waals surface area (Å²) >= 11 is 1.81. The first kappa shape index (κ1) is 28.0. The van der Waals surface area contributed by atoms with Gasteiger partial charge in [-0.25, -0.2) is 5.01 Å². The van der Waals surface area contributed by atoms with Gasteiger partial charge in [0.1, 0.15) is 6.17 Å². The van der Waals surface area contributed by atoms with Crippen molar-refractivity contribution in [3.05, 3.63) is 12.3 Å². The molecule has 2 bridgehead atoms. The van der Waals surface area contributed by atoms with Crippen LogP contribution in [-0.4, -0.2) is 88.4 Å². The van der Waals surface area contributed by atoms with Crippen molar-refractivity contribution < 1.29 is 22.6 Å². The van der Waals surface area contributed by atoms with Crippen LogP contribution in [-0.2, 0) is 4.74 Å². The van der Waals surface area contributed by atoms with Crippen LogP contribution in [0, 0.1) is 11.3 Å². The molecule has 6 unspecified atom stereocenters. The minimum Gasteiger partial charge on any atom is -0.477 e. The summed E-state index contributed by atoms with van der Waals surface area (Å²) in [5.74, 6) is 0.799. The minimum atomic E-state index is -4.15. The Morgan fingerprint density at radius 1 is 1.23 bits per heavy atom. The van der Waals surface area contributed by atoms with Crippen LogP contribution in [0.3, 0.4) is 0 Å². The summed E-state index contributed by atoms with van der Waals surface area (Å²) < 4.78 is 57.3. The van der Waals surface area contributed by atoms with Crippen LogP contribution in [0.2, 0.25) is 0 Å². The van der Waals surface area contributed by atoms with Crippen molar-refractivity contribution >= 4 is 11.9 Å². The number of fused-ring (bicyclic) bond motifs is 5. The van der Waals surface area contributed by atoms with E-state index in [1.54, 1.807) is 6.07 Å². The third kappa shape index (κ3) is 5.96. The van der Waals surface area contributed by atoms with Crippen LogP contribution in [0.1, 0.15) is 65.0 Å². The van der Waals surface area contributed by atoms with Gasteiger partial charge in [-0.1, -0.05) is 11.9 Å². The lowest BCUT2D eigenvalue weighted by Crippen LogP contribution is -2.60. The van der Waals surface area contributed by atoms with E-state index in [0.717, 1.165) is 51.9 Å². The van der Waals surface area contributed by atoms with Gasteiger partial charge < -0.3 is 9.47 Å². The molecule has 4 aliphatic heterocycles. The first-order valence-corrected chi connectivity index (χ1v) is 15.3. The number of hydrogen-bond donors (Lipinski definition) is 3. The van der Waals surface area contributed by atoms with Crippen LogP contribution >= 0.6 is 11.9 Å². The molecule has 5 heterocycles. The molecule has 6 rings (SSSR count). The van der Waals surface area contributed by atoms with Gasteiger partial charge in [-0.05, 0) is 58.8 Å². The van der Waals surface area contributed by atoms with E-state index in [2.05, 4.69) is 44.3 Å². The predicted molar refractivity (Wildman–Crippen MR) is 143 cm³/mol. The van der Waals surface area contributed by atoms with Crippen LogP contribution in [0.15, 0.2) is 12.3 Å². The van der Waals surface area contributed by atoms with Gasteiger partial charge in [-0.3, -0.25) is 25.0 Å². The fraction of sp³-hybridized carbons (Fsp3) is 0.885. The van der Waals surface area contributed by atoms with Crippen LogP contribution in [0.5, 0.6) is 5.88 Å². The maximum atomic E-state index is 13.2. The van der Waals surface area contributed by atoms with Crippen molar-refractivity contribution in [2.24, 2.45) is 11.3 Å². The molecule has 1 aromatic heterocycles. The average molecular weight is 574 g/mol. The molecule has 0 aromatic carbocycles. The molecule has 0 spiro atoms. The number of ether oxygens (including phenoxy) is 2. The Balaban J connectivity index is 1.12. The SMILES string of the molecule is CC1(C)CC2CN1C1NC(n3ccc(OCCC4(C(F)(F)F)CC4)n3)CCC1CNSC1CCNN1CCO2. The number of aromatic nitrogens is 2. The van der Waals surface area contributed by atoms with E-state index < -0.39 is 11.6 Å². The van der Waals surface area contributed by atoms with E-state index in [9.17, 15) is 13.2 Å². The van der Waals surface area contributed by atoms with Crippen LogP contribution in [0.4, 0.5) is 13.2 Å². The lowest BCUT2D eigenvalue weighted by molar-refractivity contribution is -0.190. The molecule has 220 valence electrons. The number of rotatable bonds is 5. The van der Waals surface area contributed by atoms with Crippen LogP contribution < -0.4 is 20.2 Å². The number of hydrogen-bond acceptors (Lipinski definition) is 9. The summed E-state index contributed by atoms with van der Waals surface area (Å²) in [6.45, 7) is 9.01. The Labute approximate surface area is 233 Å². The van der Waals surface area contributed by atoms with Crippen LogP contribution in [0.25, 0.3) is 0 Å². The molecule has 1 saturated carbocycles. The maximum absolute atomic E-state index is 13.2. The van der Waals surface area contributed by atoms with Gasteiger partial charge in [0.15, 0.2) is 0 Å². The molecular weight excluding hydrogens is 531 g/mol.